The van der Waals surface area contributed by atoms with Gasteiger partial charge in [-0.1, -0.05) is 37.6 Å². The Balaban J connectivity index is 1.85. The summed E-state index contributed by atoms with van der Waals surface area (Å²) in [6.07, 6.45) is 3.73. The van der Waals surface area contributed by atoms with Crippen LogP contribution in [0.2, 0.25) is 0 Å². The second-order valence-corrected chi connectivity index (χ2v) is 6.66. The third kappa shape index (κ3) is 5.57. The molecule has 1 amide bonds. The minimum Gasteiger partial charge on any atom is -0.497 e. The van der Waals surface area contributed by atoms with Crippen LogP contribution in [0.5, 0.6) is 11.5 Å². The predicted molar refractivity (Wildman–Crippen MR) is 115 cm³/mol. The van der Waals surface area contributed by atoms with E-state index in [0.29, 0.717) is 30.3 Å². The number of amides is 1. The van der Waals surface area contributed by atoms with Crippen molar-refractivity contribution in [3.05, 3.63) is 84.1 Å². The Hall–Kier alpha value is -3.34. The monoisotopic (exact) mass is 390 g/mol. The molecule has 3 aromatic rings. The molecular formula is C24H26N2O3. The summed E-state index contributed by atoms with van der Waals surface area (Å²) >= 11 is 0. The van der Waals surface area contributed by atoms with Gasteiger partial charge in [0.1, 0.15) is 17.3 Å². The van der Waals surface area contributed by atoms with Gasteiger partial charge in [-0.3, -0.25) is 9.69 Å². The van der Waals surface area contributed by atoms with E-state index in [1.165, 1.54) is 0 Å². The van der Waals surface area contributed by atoms with Crippen molar-refractivity contribution in [2.45, 2.75) is 26.3 Å². The average molecular weight is 390 g/mol. The fourth-order valence-corrected chi connectivity index (χ4v) is 2.89. The molecule has 0 radical (unpaired) electrons. The van der Waals surface area contributed by atoms with E-state index in [-0.39, 0.29) is 5.91 Å². The van der Waals surface area contributed by atoms with Crippen LogP contribution in [0, 0.1) is 0 Å². The van der Waals surface area contributed by atoms with Crippen molar-refractivity contribution in [3.63, 3.8) is 0 Å². The predicted octanol–water partition coefficient (Wildman–Crippen LogP) is 5.12. The van der Waals surface area contributed by atoms with Crippen LogP contribution in [0.4, 0.5) is 5.82 Å². The van der Waals surface area contributed by atoms with Crippen LogP contribution in [0.25, 0.3) is 0 Å². The summed E-state index contributed by atoms with van der Waals surface area (Å²) in [6.45, 7) is 3.16. The van der Waals surface area contributed by atoms with Crippen molar-refractivity contribution in [1.82, 2.24) is 4.98 Å². The number of anilines is 1. The van der Waals surface area contributed by atoms with Crippen LogP contribution in [-0.4, -0.2) is 24.6 Å². The van der Waals surface area contributed by atoms with E-state index in [0.717, 1.165) is 24.2 Å². The van der Waals surface area contributed by atoms with Gasteiger partial charge in [0.2, 0.25) is 0 Å². The Morgan fingerprint density at radius 2 is 1.83 bits per heavy atom. The molecule has 0 bridgehead atoms. The summed E-state index contributed by atoms with van der Waals surface area (Å²) in [6, 6.07) is 20.5. The molecule has 0 spiro atoms. The van der Waals surface area contributed by atoms with Crippen LogP contribution in [0.3, 0.4) is 0 Å². The van der Waals surface area contributed by atoms with Crippen molar-refractivity contribution in [2.24, 2.45) is 0 Å². The zero-order valence-electron chi connectivity index (χ0n) is 16.9. The van der Waals surface area contributed by atoms with Gasteiger partial charge >= 0.3 is 0 Å². The van der Waals surface area contributed by atoms with Crippen molar-refractivity contribution < 1.29 is 14.3 Å². The highest BCUT2D eigenvalue weighted by Gasteiger charge is 2.20. The second-order valence-electron chi connectivity index (χ2n) is 6.66. The summed E-state index contributed by atoms with van der Waals surface area (Å²) in [5.74, 6) is 1.96. The number of hydrogen-bond acceptors (Lipinski definition) is 4. The van der Waals surface area contributed by atoms with Crippen molar-refractivity contribution in [2.75, 3.05) is 18.6 Å². The van der Waals surface area contributed by atoms with Crippen molar-refractivity contribution in [3.8, 4) is 11.5 Å². The first-order valence-corrected chi connectivity index (χ1v) is 9.80. The Kier molecular flexibility index (Phi) is 7.22. The molecule has 0 aliphatic heterocycles. The van der Waals surface area contributed by atoms with E-state index in [2.05, 4.69) is 11.9 Å². The molecule has 0 aliphatic rings. The number of hydrogen-bond donors (Lipinski definition) is 0. The maximum absolute atomic E-state index is 13.4. The molecule has 0 saturated carbocycles. The largest absolute Gasteiger partial charge is 0.497 e. The van der Waals surface area contributed by atoms with Crippen LogP contribution in [0.1, 0.15) is 35.7 Å². The van der Waals surface area contributed by atoms with E-state index < -0.39 is 0 Å². The number of carbonyl (C=O) groups is 1. The van der Waals surface area contributed by atoms with Gasteiger partial charge in [0.25, 0.3) is 5.91 Å². The lowest BCUT2D eigenvalue weighted by atomic mass is 10.1. The quantitative estimate of drug-likeness (QED) is 0.476. The highest BCUT2D eigenvalue weighted by molar-refractivity contribution is 6.05. The molecule has 0 aliphatic carbocycles. The lowest BCUT2D eigenvalue weighted by Crippen LogP contribution is -2.31. The molecule has 0 saturated heterocycles. The Morgan fingerprint density at radius 1 is 1.00 bits per heavy atom. The van der Waals surface area contributed by atoms with Gasteiger partial charge < -0.3 is 9.47 Å². The summed E-state index contributed by atoms with van der Waals surface area (Å²) in [7, 11) is 1.63. The maximum Gasteiger partial charge on any atom is 0.259 e. The minimum absolute atomic E-state index is 0.125. The van der Waals surface area contributed by atoms with E-state index in [1.807, 2.05) is 54.6 Å². The van der Waals surface area contributed by atoms with Crippen LogP contribution >= 0.6 is 0 Å². The lowest BCUT2D eigenvalue weighted by Gasteiger charge is -2.22. The fraction of sp³-hybridized carbons (Fsp3) is 0.250. The smallest absolute Gasteiger partial charge is 0.259 e. The molecule has 29 heavy (non-hydrogen) atoms. The van der Waals surface area contributed by atoms with Gasteiger partial charge in [-0.15, -0.1) is 0 Å². The first-order valence-electron chi connectivity index (χ1n) is 9.80. The molecule has 0 N–H and O–H groups in total. The first kappa shape index (κ1) is 20.4. The normalized spacial score (nSPS) is 10.4. The first-order chi connectivity index (χ1) is 14.2. The SMILES string of the molecule is CCCCOc1cccc(C(=O)N(Cc2ccc(OC)cc2)c2ccccn2)c1. The van der Waals surface area contributed by atoms with Crippen molar-refractivity contribution in [1.29, 1.82) is 0 Å². The van der Waals surface area contributed by atoms with Crippen LogP contribution < -0.4 is 14.4 Å². The Labute approximate surface area is 171 Å². The molecule has 1 aromatic heterocycles. The third-order valence-electron chi connectivity index (χ3n) is 4.52. The summed E-state index contributed by atoms with van der Waals surface area (Å²) in [5, 5.41) is 0. The maximum atomic E-state index is 13.4. The zero-order chi connectivity index (χ0) is 20.5. The molecule has 0 fully saturated rings. The number of carbonyl (C=O) groups excluding carboxylic acids is 1. The number of nitrogens with zero attached hydrogens (tertiary/aromatic N) is 2. The molecule has 1 heterocycles. The van der Waals surface area contributed by atoms with Gasteiger partial charge in [-0.2, -0.15) is 0 Å². The van der Waals surface area contributed by atoms with Gasteiger partial charge in [-0.25, -0.2) is 4.98 Å². The van der Waals surface area contributed by atoms with Gasteiger partial charge in [-0.05, 0) is 54.4 Å². The number of ether oxygens (including phenoxy) is 2. The molecule has 2 aromatic carbocycles. The number of benzene rings is 2. The van der Waals surface area contributed by atoms with Crippen LogP contribution in [-0.2, 0) is 6.54 Å². The molecule has 5 nitrogen and oxygen atoms in total. The number of methoxy groups -OCH3 is 1. The summed E-state index contributed by atoms with van der Waals surface area (Å²) in [4.78, 5) is 19.4. The molecule has 0 atom stereocenters. The second kappa shape index (κ2) is 10.3. The zero-order valence-corrected chi connectivity index (χ0v) is 16.9. The van der Waals surface area contributed by atoms with E-state index in [4.69, 9.17) is 9.47 Å². The van der Waals surface area contributed by atoms with Gasteiger partial charge in [0.05, 0.1) is 20.3 Å². The minimum atomic E-state index is -0.125. The number of pyridine rings is 1. The van der Waals surface area contributed by atoms with E-state index in [1.54, 1.807) is 30.3 Å². The molecule has 5 heteroatoms. The highest BCUT2D eigenvalue weighted by atomic mass is 16.5. The number of unbranched alkanes of at least 4 members (excludes halogenated alkanes) is 1. The molecule has 0 unspecified atom stereocenters. The Bertz CT molecular complexity index is 911. The number of aromatic nitrogens is 1. The molecule has 150 valence electrons. The number of rotatable bonds is 9. The topological polar surface area (TPSA) is 51.7 Å². The molecule has 3 rings (SSSR count). The standard InChI is InChI=1S/C24H26N2O3/c1-3-4-16-29-22-9-7-8-20(17-22)24(27)26(23-10-5-6-15-25-23)18-19-11-13-21(28-2)14-12-19/h5-15,17H,3-4,16,18H2,1-2H3. The van der Waals surface area contributed by atoms with Crippen LogP contribution in [0.15, 0.2) is 72.9 Å². The average Bonchev–Trinajstić information content (AvgIpc) is 2.78. The highest BCUT2D eigenvalue weighted by Crippen LogP contribution is 2.22. The summed E-state index contributed by atoms with van der Waals surface area (Å²) < 4.78 is 11.0. The molecular weight excluding hydrogens is 364 g/mol. The fourth-order valence-electron chi connectivity index (χ4n) is 2.89. The third-order valence-corrected chi connectivity index (χ3v) is 4.52. The summed E-state index contributed by atoms with van der Waals surface area (Å²) in [5.41, 5.74) is 1.55. The van der Waals surface area contributed by atoms with Gasteiger partial charge in [0.15, 0.2) is 0 Å². The van der Waals surface area contributed by atoms with E-state index in [9.17, 15) is 4.79 Å². The lowest BCUT2D eigenvalue weighted by molar-refractivity contribution is 0.0984. The van der Waals surface area contributed by atoms with E-state index >= 15 is 0 Å². The van der Waals surface area contributed by atoms with Gasteiger partial charge in [0, 0.05) is 11.8 Å². The van der Waals surface area contributed by atoms with Crippen molar-refractivity contribution >= 4 is 11.7 Å². The Morgan fingerprint density at radius 3 is 2.52 bits per heavy atom.